The van der Waals surface area contributed by atoms with Crippen LogP contribution in [-0.4, -0.2) is 58.4 Å². The molecule has 1 aromatic carbocycles. The van der Waals surface area contributed by atoms with Crippen molar-refractivity contribution in [1.29, 1.82) is 0 Å². The number of carboxylic acid groups (broad SMARTS) is 2. The van der Waals surface area contributed by atoms with Crippen LogP contribution in [0.5, 0.6) is 0 Å². The lowest BCUT2D eigenvalue weighted by molar-refractivity contribution is -0.376. The first-order valence-electron chi connectivity index (χ1n) is 7.08. The van der Waals surface area contributed by atoms with E-state index >= 15 is 0 Å². The SMILES string of the molecule is O=C(O)C(C(=O)O)N(CC(F)(F)F)c1ccc(C(O)(C(F)(F)F)C(F)(F)F)cc1. The molecule has 0 unspecified atom stereocenters. The van der Waals surface area contributed by atoms with Crippen LogP contribution in [0.4, 0.5) is 45.2 Å². The summed E-state index contributed by atoms with van der Waals surface area (Å²) < 4.78 is 115. The monoisotopic (exact) mass is 443 g/mol. The molecule has 6 nitrogen and oxygen atoms in total. The summed E-state index contributed by atoms with van der Waals surface area (Å²) in [6, 6.07) is -2.54. The van der Waals surface area contributed by atoms with E-state index in [0.29, 0.717) is 0 Å². The number of nitrogens with zero attached hydrogens (tertiary/aromatic N) is 1. The van der Waals surface area contributed by atoms with Crippen molar-refractivity contribution in [2.45, 2.75) is 30.2 Å². The summed E-state index contributed by atoms with van der Waals surface area (Å²) in [7, 11) is 0. The fourth-order valence-corrected chi connectivity index (χ4v) is 2.28. The summed E-state index contributed by atoms with van der Waals surface area (Å²) in [5, 5.41) is 26.9. The molecule has 0 saturated carbocycles. The highest BCUT2D eigenvalue weighted by molar-refractivity contribution is 6.00. The van der Waals surface area contributed by atoms with Gasteiger partial charge in [0.1, 0.15) is 6.54 Å². The second-order valence-electron chi connectivity index (χ2n) is 5.57. The third kappa shape index (κ3) is 5.02. The van der Waals surface area contributed by atoms with Crippen molar-refractivity contribution in [2.24, 2.45) is 0 Å². The Morgan fingerprint density at radius 1 is 0.828 bits per heavy atom. The summed E-state index contributed by atoms with van der Waals surface area (Å²) in [5.74, 6) is -4.54. The lowest BCUT2D eigenvalue weighted by Crippen LogP contribution is -2.54. The van der Waals surface area contributed by atoms with Crippen LogP contribution in [0.15, 0.2) is 24.3 Å². The van der Waals surface area contributed by atoms with Crippen LogP contribution in [-0.2, 0) is 15.2 Å². The highest BCUT2D eigenvalue weighted by Gasteiger charge is 2.71. The molecule has 1 aromatic rings. The molecule has 164 valence electrons. The molecule has 1 rings (SSSR count). The van der Waals surface area contributed by atoms with E-state index in [4.69, 9.17) is 10.2 Å². The molecule has 0 aliphatic carbocycles. The summed E-state index contributed by atoms with van der Waals surface area (Å²) >= 11 is 0. The third-order valence-corrected chi connectivity index (χ3v) is 3.57. The summed E-state index contributed by atoms with van der Waals surface area (Å²) in [6.45, 7) is -2.20. The van der Waals surface area contributed by atoms with Gasteiger partial charge < -0.3 is 20.2 Å². The van der Waals surface area contributed by atoms with Crippen molar-refractivity contribution in [3.63, 3.8) is 0 Å². The number of aliphatic carboxylic acids is 2. The maximum Gasteiger partial charge on any atom is 0.430 e. The van der Waals surface area contributed by atoms with Crippen LogP contribution in [0, 0.1) is 0 Å². The number of benzene rings is 1. The van der Waals surface area contributed by atoms with Gasteiger partial charge in [0.2, 0.25) is 6.04 Å². The third-order valence-electron chi connectivity index (χ3n) is 3.57. The molecule has 0 saturated heterocycles. The molecule has 0 aliphatic heterocycles. The molecule has 0 aromatic heterocycles. The van der Waals surface area contributed by atoms with Gasteiger partial charge in [-0.05, 0) is 12.1 Å². The van der Waals surface area contributed by atoms with E-state index in [1.54, 1.807) is 0 Å². The van der Waals surface area contributed by atoms with Crippen LogP contribution in [0.25, 0.3) is 0 Å². The van der Waals surface area contributed by atoms with E-state index in [1.165, 1.54) is 0 Å². The van der Waals surface area contributed by atoms with Gasteiger partial charge in [0, 0.05) is 11.3 Å². The zero-order chi connectivity index (χ0) is 23.0. The van der Waals surface area contributed by atoms with Crippen molar-refractivity contribution in [3.05, 3.63) is 29.8 Å². The number of carboxylic acids is 2. The van der Waals surface area contributed by atoms with E-state index in [0.717, 1.165) is 0 Å². The maximum atomic E-state index is 12.8. The average molecular weight is 443 g/mol. The van der Waals surface area contributed by atoms with Gasteiger partial charge >= 0.3 is 30.5 Å². The minimum atomic E-state index is -6.26. The number of anilines is 1. The Balaban J connectivity index is 3.54. The Bertz CT molecular complexity index is 727. The van der Waals surface area contributed by atoms with E-state index < -0.39 is 59.9 Å². The first kappa shape index (κ1) is 24.3. The molecule has 0 amide bonds. The molecule has 0 radical (unpaired) electrons. The van der Waals surface area contributed by atoms with E-state index in [2.05, 4.69) is 0 Å². The Kier molecular flexibility index (Phi) is 6.38. The number of carbonyl (C=O) groups is 2. The smallest absolute Gasteiger partial charge is 0.430 e. The molecular weight excluding hydrogens is 433 g/mol. The quantitative estimate of drug-likeness (QED) is 0.462. The van der Waals surface area contributed by atoms with Crippen molar-refractivity contribution >= 4 is 17.6 Å². The first-order chi connectivity index (χ1) is 12.8. The zero-order valence-electron chi connectivity index (χ0n) is 13.6. The number of hydrogen-bond acceptors (Lipinski definition) is 4. The summed E-state index contributed by atoms with van der Waals surface area (Å²) in [6.07, 6.45) is -17.7. The Hall–Kier alpha value is -2.71. The zero-order valence-corrected chi connectivity index (χ0v) is 13.6. The molecular formula is C14H10F9NO5. The second-order valence-corrected chi connectivity index (χ2v) is 5.57. The molecule has 0 bridgehead atoms. The number of rotatable bonds is 6. The molecule has 0 heterocycles. The minimum absolute atomic E-state index is 0.0412. The molecule has 29 heavy (non-hydrogen) atoms. The van der Waals surface area contributed by atoms with Crippen LogP contribution in [0.1, 0.15) is 5.56 Å². The van der Waals surface area contributed by atoms with Gasteiger partial charge in [0.15, 0.2) is 0 Å². The molecule has 0 aliphatic rings. The average Bonchev–Trinajstić information content (AvgIpc) is 2.49. The lowest BCUT2D eigenvalue weighted by Gasteiger charge is -2.33. The van der Waals surface area contributed by atoms with Crippen LogP contribution in [0.3, 0.4) is 0 Å². The largest absolute Gasteiger partial charge is 0.479 e. The predicted molar refractivity (Wildman–Crippen MR) is 74.9 cm³/mol. The number of aliphatic hydroxyl groups is 1. The standard InChI is InChI=1S/C14H10F9NO5/c15-11(16,17)5-24(8(9(25)26)10(27)28)7-3-1-6(2-4-7)12(29,13(18,19)20)14(21,22)23/h1-4,8,29H,5H2,(H,25,26)(H,27,28). The van der Waals surface area contributed by atoms with Crippen LogP contribution < -0.4 is 4.90 Å². The molecule has 0 fully saturated rings. The van der Waals surface area contributed by atoms with Crippen molar-refractivity contribution in [2.75, 3.05) is 11.4 Å². The Labute approximate surface area is 154 Å². The van der Waals surface area contributed by atoms with Gasteiger partial charge in [-0.15, -0.1) is 0 Å². The summed E-state index contributed by atoms with van der Waals surface area (Å²) in [4.78, 5) is 21.7. The maximum absolute atomic E-state index is 12.8. The molecule has 3 N–H and O–H groups in total. The lowest BCUT2D eigenvalue weighted by atomic mass is 9.92. The normalized spacial score (nSPS) is 13.5. The number of hydrogen-bond donors (Lipinski definition) is 3. The highest BCUT2D eigenvalue weighted by Crippen LogP contribution is 2.50. The van der Waals surface area contributed by atoms with Crippen LogP contribution in [0.2, 0.25) is 0 Å². The molecule has 0 spiro atoms. The minimum Gasteiger partial charge on any atom is -0.479 e. The Morgan fingerprint density at radius 2 is 1.21 bits per heavy atom. The number of alkyl halides is 9. The summed E-state index contributed by atoms with van der Waals surface area (Å²) in [5.41, 5.74) is -8.16. The Morgan fingerprint density at radius 3 is 1.48 bits per heavy atom. The van der Waals surface area contributed by atoms with Gasteiger partial charge in [-0.25, -0.2) is 9.59 Å². The van der Waals surface area contributed by atoms with Gasteiger partial charge in [0.25, 0.3) is 5.60 Å². The van der Waals surface area contributed by atoms with Crippen LogP contribution >= 0.6 is 0 Å². The van der Waals surface area contributed by atoms with Crippen molar-refractivity contribution in [1.82, 2.24) is 0 Å². The fourth-order valence-electron chi connectivity index (χ4n) is 2.28. The van der Waals surface area contributed by atoms with Gasteiger partial charge in [-0.2, -0.15) is 39.5 Å². The molecule has 0 atom stereocenters. The fraction of sp³-hybridized carbons (Fsp3) is 0.429. The second kappa shape index (κ2) is 7.61. The van der Waals surface area contributed by atoms with E-state index in [-0.39, 0.29) is 29.2 Å². The topological polar surface area (TPSA) is 98.1 Å². The highest BCUT2D eigenvalue weighted by atomic mass is 19.4. The van der Waals surface area contributed by atoms with E-state index in [1.807, 2.05) is 0 Å². The predicted octanol–water partition coefficient (Wildman–Crippen LogP) is 2.91. The first-order valence-corrected chi connectivity index (χ1v) is 7.08. The van der Waals surface area contributed by atoms with E-state index in [9.17, 15) is 54.2 Å². The van der Waals surface area contributed by atoms with Gasteiger partial charge in [0.05, 0.1) is 0 Å². The molecule has 15 heteroatoms. The van der Waals surface area contributed by atoms with Gasteiger partial charge in [-0.1, -0.05) is 12.1 Å². The van der Waals surface area contributed by atoms with Crippen molar-refractivity contribution < 1.29 is 64.4 Å². The number of halogens is 9. The van der Waals surface area contributed by atoms with Gasteiger partial charge in [-0.3, -0.25) is 0 Å². The van der Waals surface area contributed by atoms with Crippen molar-refractivity contribution in [3.8, 4) is 0 Å².